The Bertz CT molecular complexity index is 833. The van der Waals surface area contributed by atoms with Crippen molar-refractivity contribution in [2.24, 2.45) is 5.92 Å². The van der Waals surface area contributed by atoms with Crippen LogP contribution in [0.25, 0.3) is 0 Å². The molecule has 7 nitrogen and oxygen atoms in total. The minimum absolute atomic E-state index is 0.0667. The number of allylic oxidation sites excluding steroid dienone is 1. The first-order valence-corrected chi connectivity index (χ1v) is 9.77. The Morgan fingerprint density at radius 3 is 2.74 bits per heavy atom. The summed E-state index contributed by atoms with van der Waals surface area (Å²) in [7, 11) is 1.19. The van der Waals surface area contributed by atoms with Crippen LogP contribution in [0.3, 0.4) is 0 Å². The number of ether oxygens (including phenoxy) is 2. The SMILES string of the molecule is CCOC(=O)CSC1=C(C#N)[C@@H](c2cccc(Br)c2)[C@H](C(=O)OC)C(=O)N1. The van der Waals surface area contributed by atoms with Crippen molar-refractivity contribution in [1.29, 1.82) is 5.26 Å². The first kappa shape index (κ1) is 21.0. The summed E-state index contributed by atoms with van der Waals surface area (Å²) in [5.74, 6) is -3.88. The molecule has 0 aliphatic carbocycles. The number of nitrogens with one attached hydrogen (secondary N) is 1. The minimum atomic E-state index is -1.20. The van der Waals surface area contributed by atoms with Crippen molar-refractivity contribution in [3.8, 4) is 6.07 Å². The molecule has 27 heavy (non-hydrogen) atoms. The molecule has 1 aliphatic heterocycles. The lowest BCUT2D eigenvalue weighted by molar-refractivity contribution is -0.150. The highest BCUT2D eigenvalue weighted by Gasteiger charge is 2.44. The number of carbonyl (C=O) groups excluding carboxylic acids is 3. The maximum absolute atomic E-state index is 12.6. The Morgan fingerprint density at radius 2 is 2.15 bits per heavy atom. The Hall–Kier alpha value is -2.31. The molecule has 1 aromatic carbocycles. The van der Waals surface area contributed by atoms with Gasteiger partial charge in [0.15, 0.2) is 0 Å². The second-order valence-electron chi connectivity index (χ2n) is 5.47. The summed E-state index contributed by atoms with van der Waals surface area (Å²) >= 11 is 4.35. The van der Waals surface area contributed by atoms with Crippen molar-refractivity contribution < 1.29 is 23.9 Å². The van der Waals surface area contributed by atoms with Crippen LogP contribution in [-0.4, -0.2) is 37.3 Å². The summed E-state index contributed by atoms with van der Waals surface area (Å²) in [5.41, 5.74) is 0.804. The smallest absolute Gasteiger partial charge is 0.319 e. The van der Waals surface area contributed by atoms with Gasteiger partial charge in [-0.3, -0.25) is 14.4 Å². The monoisotopic (exact) mass is 452 g/mol. The van der Waals surface area contributed by atoms with Crippen molar-refractivity contribution in [2.45, 2.75) is 12.8 Å². The Morgan fingerprint density at radius 1 is 1.41 bits per heavy atom. The van der Waals surface area contributed by atoms with Crippen LogP contribution in [0.4, 0.5) is 0 Å². The van der Waals surface area contributed by atoms with Crippen molar-refractivity contribution in [3.05, 3.63) is 44.9 Å². The highest BCUT2D eigenvalue weighted by atomic mass is 79.9. The number of nitriles is 1. The zero-order valence-corrected chi connectivity index (χ0v) is 17.1. The molecule has 0 unspecified atom stereocenters. The zero-order valence-electron chi connectivity index (χ0n) is 14.7. The van der Waals surface area contributed by atoms with Crippen LogP contribution < -0.4 is 5.32 Å². The van der Waals surface area contributed by atoms with E-state index in [4.69, 9.17) is 9.47 Å². The first-order valence-electron chi connectivity index (χ1n) is 7.99. The van der Waals surface area contributed by atoms with Gasteiger partial charge < -0.3 is 14.8 Å². The Balaban J connectivity index is 2.50. The third-order valence-corrected chi connectivity index (χ3v) is 5.32. The van der Waals surface area contributed by atoms with E-state index in [2.05, 4.69) is 27.3 Å². The molecule has 0 saturated heterocycles. The average Bonchev–Trinajstić information content (AvgIpc) is 2.65. The molecule has 0 radical (unpaired) electrons. The molecule has 2 rings (SSSR count). The van der Waals surface area contributed by atoms with Gasteiger partial charge in [0.2, 0.25) is 5.91 Å². The van der Waals surface area contributed by atoms with Gasteiger partial charge in [-0.15, -0.1) is 0 Å². The highest BCUT2D eigenvalue weighted by molar-refractivity contribution is 9.10. The Kier molecular flexibility index (Phi) is 7.45. The molecule has 2 atom stereocenters. The van der Waals surface area contributed by atoms with E-state index in [0.29, 0.717) is 5.56 Å². The highest BCUT2D eigenvalue weighted by Crippen LogP contribution is 2.40. The van der Waals surface area contributed by atoms with E-state index in [1.54, 1.807) is 31.2 Å². The molecule has 0 saturated carbocycles. The van der Waals surface area contributed by atoms with Crippen LogP contribution in [0.5, 0.6) is 0 Å². The van der Waals surface area contributed by atoms with Gasteiger partial charge in [0.05, 0.1) is 36.1 Å². The molecule has 0 aromatic heterocycles. The lowest BCUT2D eigenvalue weighted by atomic mass is 9.78. The van der Waals surface area contributed by atoms with Crippen molar-refractivity contribution in [1.82, 2.24) is 5.32 Å². The van der Waals surface area contributed by atoms with E-state index in [1.165, 1.54) is 7.11 Å². The van der Waals surface area contributed by atoms with E-state index in [-0.39, 0.29) is 23.0 Å². The third-order valence-electron chi connectivity index (χ3n) is 3.83. The first-order chi connectivity index (χ1) is 12.9. The number of nitrogens with zero attached hydrogens (tertiary/aromatic N) is 1. The maximum atomic E-state index is 12.6. The summed E-state index contributed by atoms with van der Waals surface area (Å²) in [6, 6.07) is 9.10. The molecular weight excluding hydrogens is 436 g/mol. The topological polar surface area (TPSA) is 105 Å². The van der Waals surface area contributed by atoms with Crippen LogP contribution in [0.1, 0.15) is 18.4 Å². The standard InChI is InChI=1S/C18H17BrN2O5S/c1-3-26-13(22)9-27-17-12(8-20)14(10-5-4-6-11(19)7-10)15(16(23)21-17)18(24)25-2/h4-7,14-15H,3,9H2,1-2H3,(H,21,23)/t14-,15+/m1/s1. The number of hydrogen-bond donors (Lipinski definition) is 1. The predicted octanol–water partition coefficient (Wildman–Crippen LogP) is 2.48. The number of hydrogen-bond acceptors (Lipinski definition) is 7. The van der Waals surface area contributed by atoms with Crippen molar-refractivity contribution in [2.75, 3.05) is 19.5 Å². The summed E-state index contributed by atoms with van der Waals surface area (Å²) in [5, 5.41) is 12.5. The van der Waals surface area contributed by atoms with E-state index >= 15 is 0 Å². The lowest BCUT2D eigenvalue weighted by Crippen LogP contribution is -2.44. The fourth-order valence-corrected chi connectivity index (χ4v) is 3.98. The zero-order chi connectivity index (χ0) is 20.0. The lowest BCUT2D eigenvalue weighted by Gasteiger charge is -2.30. The van der Waals surface area contributed by atoms with E-state index in [9.17, 15) is 19.6 Å². The van der Waals surface area contributed by atoms with Gasteiger partial charge in [0.1, 0.15) is 5.92 Å². The molecule has 1 amide bonds. The molecule has 0 fully saturated rings. The van der Waals surface area contributed by atoms with E-state index in [0.717, 1.165) is 16.2 Å². The van der Waals surface area contributed by atoms with Crippen LogP contribution >= 0.6 is 27.7 Å². The van der Waals surface area contributed by atoms with Gasteiger partial charge in [0.25, 0.3) is 0 Å². The van der Waals surface area contributed by atoms with Gasteiger partial charge in [-0.2, -0.15) is 5.26 Å². The largest absolute Gasteiger partial charge is 0.468 e. The maximum Gasteiger partial charge on any atom is 0.319 e. The molecule has 142 valence electrons. The molecule has 1 heterocycles. The average molecular weight is 453 g/mol. The number of carbonyl (C=O) groups is 3. The van der Waals surface area contributed by atoms with E-state index in [1.807, 2.05) is 0 Å². The van der Waals surface area contributed by atoms with Crippen molar-refractivity contribution in [3.63, 3.8) is 0 Å². The molecule has 0 spiro atoms. The number of benzene rings is 1. The fraction of sp³-hybridized carbons (Fsp3) is 0.333. The van der Waals surface area contributed by atoms with Gasteiger partial charge in [0, 0.05) is 10.4 Å². The normalized spacial score (nSPS) is 19.1. The molecule has 9 heteroatoms. The van der Waals surface area contributed by atoms with Gasteiger partial charge in [-0.05, 0) is 24.6 Å². The summed E-state index contributed by atoms with van der Waals surface area (Å²) in [6.45, 7) is 1.93. The van der Waals surface area contributed by atoms with Gasteiger partial charge in [-0.25, -0.2) is 0 Å². The summed E-state index contributed by atoms with van der Waals surface area (Å²) < 4.78 is 10.4. The molecular formula is C18H17BrN2O5S. The molecule has 1 N–H and O–H groups in total. The number of rotatable bonds is 6. The number of amides is 1. The minimum Gasteiger partial charge on any atom is -0.468 e. The van der Waals surface area contributed by atoms with Gasteiger partial charge in [-0.1, -0.05) is 39.8 Å². The number of methoxy groups -OCH3 is 1. The van der Waals surface area contributed by atoms with Crippen LogP contribution in [-0.2, 0) is 23.9 Å². The number of thioether (sulfide) groups is 1. The number of esters is 2. The van der Waals surface area contributed by atoms with Crippen LogP contribution in [0.15, 0.2) is 39.3 Å². The predicted molar refractivity (Wildman–Crippen MR) is 102 cm³/mol. The van der Waals surface area contributed by atoms with Crippen molar-refractivity contribution >= 4 is 45.5 Å². The van der Waals surface area contributed by atoms with Crippen LogP contribution in [0.2, 0.25) is 0 Å². The second kappa shape index (κ2) is 9.58. The number of halogens is 1. The molecule has 0 bridgehead atoms. The Labute approximate surface area is 169 Å². The fourth-order valence-electron chi connectivity index (χ4n) is 2.71. The quantitative estimate of drug-likeness (QED) is 0.521. The second-order valence-corrected chi connectivity index (χ2v) is 7.37. The van der Waals surface area contributed by atoms with E-state index < -0.39 is 29.7 Å². The molecule has 1 aromatic rings. The summed E-state index contributed by atoms with van der Waals surface area (Å²) in [6.07, 6.45) is 0. The third kappa shape index (κ3) is 4.90. The summed E-state index contributed by atoms with van der Waals surface area (Å²) in [4.78, 5) is 36.5. The van der Waals surface area contributed by atoms with Gasteiger partial charge >= 0.3 is 11.9 Å². The molecule has 1 aliphatic rings. The van der Waals surface area contributed by atoms with Crippen LogP contribution in [0, 0.1) is 17.2 Å².